The molecule has 0 unspecified atom stereocenters. The van der Waals surface area contributed by atoms with Gasteiger partial charge in [0.05, 0.1) is 5.69 Å². The van der Waals surface area contributed by atoms with Crippen molar-refractivity contribution in [3.05, 3.63) is 75.7 Å². The van der Waals surface area contributed by atoms with Crippen molar-refractivity contribution in [2.24, 2.45) is 10.4 Å². The Morgan fingerprint density at radius 1 is 0.763 bits per heavy atom. The van der Waals surface area contributed by atoms with Gasteiger partial charge in [-0.3, -0.25) is 4.99 Å². The van der Waals surface area contributed by atoms with Crippen molar-refractivity contribution in [1.29, 1.82) is 0 Å². The van der Waals surface area contributed by atoms with E-state index in [-0.39, 0.29) is 14.9 Å². The second-order valence-electron chi connectivity index (χ2n) is 12.5. The molecule has 0 amide bonds. The number of benzene rings is 2. The van der Waals surface area contributed by atoms with Gasteiger partial charge in [0.2, 0.25) is 0 Å². The van der Waals surface area contributed by atoms with Crippen molar-refractivity contribution in [2.45, 2.75) is 114 Å². The molecule has 2 aromatic carbocycles. The van der Waals surface area contributed by atoms with Crippen LogP contribution in [0.2, 0.25) is 0 Å². The van der Waals surface area contributed by atoms with Gasteiger partial charge in [0.1, 0.15) is 0 Å². The molecule has 0 aromatic heterocycles. The van der Waals surface area contributed by atoms with Crippen LogP contribution in [0.5, 0.6) is 0 Å². The van der Waals surface area contributed by atoms with Gasteiger partial charge >= 0.3 is 64.6 Å². The van der Waals surface area contributed by atoms with Crippen LogP contribution >= 0.6 is 19.2 Å². The summed E-state index contributed by atoms with van der Waals surface area (Å²) in [6.45, 7) is 28.8. The van der Waals surface area contributed by atoms with Gasteiger partial charge in [0.15, 0.2) is 0 Å². The molecule has 0 saturated carbocycles. The minimum atomic E-state index is 0.255. The quantitative estimate of drug-likeness (QED) is 0.153. The van der Waals surface area contributed by atoms with E-state index in [1.165, 1.54) is 22.3 Å². The fourth-order valence-corrected chi connectivity index (χ4v) is 8.53. The number of rotatable bonds is 8. The molecule has 38 heavy (non-hydrogen) atoms. The summed E-state index contributed by atoms with van der Waals surface area (Å²) in [7, 11) is 0. The molecule has 2 aromatic rings. The predicted octanol–water partition coefficient (Wildman–Crippen LogP) is 12.1. The van der Waals surface area contributed by atoms with Gasteiger partial charge in [-0.25, -0.2) is 0 Å². The number of hydrogen-bond acceptors (Lipinski definition) is 1. The van der Waals surface area contributed by atoms with E-state index in [0.717, 1.165) is 22.8 Å². The van der Waals surface area contributed by atoms with Gasteiger partial charge in [0.25, 0.3) is 0 Å². The van der Waals surface area contributed by atoms with Crippen LogP contribution < -0.4 is 0 Å². The fraction of sp³-hybridized carbons (Fsp3) is 0.529. The summed E-state index contributed by atoms with van der Waals surface area (Å²) in [5.41, 5.74) is 9.93. The van der Waals surface area contributed by atoms with Crippen LogP contribution in [0.4, 0.5) is 11.4 Å². The van der Waals surface area contributed by atoms with Crippen molar-refractivity contribution >= 4 is 40.6 Å². The van der Waals surface area contributed by atoms with Crippen LogP contribution in [0.25, 0.3) is 5.32 Å². The van der Waals surface area contributed by atoms with Crippen LogP contribution in [-0.4, -0.2) is 10.0 Å². The Morgan fingerprint density at radius 2 is 1.16 bits per heavy atom. The Bertz CT molecular complexity index is 1060. The second kappa shape index (κ2) is 16.3. The maximum absolute atomic E-state index is 5.08. The average molecular weight is 663 g/mol. The van der Waals surface area contributed by atoms with Gasteiger partial charge in [0, 0.05) is 5.71 Å². The van der Waals surface area contributed by atoms with E-state index in [0.29, 0.717) is 29.1 Å². The van der Waals surface area contributed by atoms with Gasteiger partial charge in [-0.15, -0.1) is 5.69 Å². The molecule has 0 atom stereocenters. The number of halogens is 1. The molecular formula is C34H51IN2Ti-. The Balaban J connectivity index is 0.000000905. The van der Waals surface area contributed by atoms with Crippen LogP contribution in [0.3, 0.4) is 0 Å². The van der Waals surface area contributed by atoms with Gasteiger partial charge in [-0.05, 0) is 41.7 Å². The maximum atomic E-state index is 5.08. The molecule has 0 heterocycles. The zero-order valence-electron chi connectivity index (χ0n) is 26.2. The van der Waals surface area contributed by atoms with Crippen LogP contribution in [0, 0.1) is 5.41 Å². The SMILES string of the molecule is CC(/C=C(/C)[N-]c1c(C(C)C)cccc1C(C)C)=Nc1c(C(C)C)cccc1C(C)C.CC(C)(C)[CH]=[Ti][I]. The van der Waals surface area contributed by atoms with Crippen molar-refractivity contribution in [1.82, 2.24) is 0 Å². The first kappa shape index (κ1) is 35.0. The molecule has 0 spiro atoms. The molecule has 2 nitrogen and oxygen atoms in total. The molecule has 0 aliphatic carbocycles. The normalized spacial score (nSPS) is 12.9. The van der Waals surface area contributed by atoms with E-state index in [1.807, 2.05) is 0 Å². The Hall–Kier alpha value is -1.04. The number of nitrogens with zero attached hydrogens (tertiary/aromatic N) is 2. The third-order valence-electron chi connectivity index (χ3n) is 6.17. The van der Waals surface area contributed by atoms with Crippen LogP contribution in [0.1, 0.15) is 136 Å². The first-order valence-corrected chi connectivity index (χ1v) is 19.9. The summed E-state index contributed by atoms with van der Waals surface area (Å²) in [4.78, 5) is 5.08. The third kappa shape index (κ3) is 11.6. The van der Waals surface area contributed by atoms with Crippen LogP contribution in [0.15, 0.2) is 53.2 Å². The monoisotopic (exact) mass is 662 g/mol. The molecule has 4 heteroatoms. The average Bonchev–Trinajstić information content (AvgIpc) is 2.78. The van der Waals surface area contributed by atoms with Gasteiger partial charge in [-0.1, -0.05) is 116 Å². The molecule has 2 rings (SSSR count). The second-order valence-corrected chi connectivity index (χ2v) is 15.8. The van der Waals surface area contributed by atoms with E-state index in [2.05, 4.69) is 156 Å². The summed E-state index contributed by atoms with van der Waals surface area (Å²) in [5.74, 6) is 1.75. The third-order valence-corrected chi connectivity index (χ3v) is 8.97. The van der Waals surface area contributed by atoms with E-state index >= 15 is 0 Å². The number of allylic oxidation sites excluding steroid dienone is 2. The number of para-hydroxylation sites is 2. The zero-order chi connectivity index (χ0) is 29.2. The molecule has 0 radical (unpaired) electrons. The first-order valence-electron chi connectivity index (χ1n) is 14.0. The fourth-order valence-electron chi connectivity index (χ4n) is 4.16. The molecule has 0 bridgehead atoms. The molecule has 0 aliphatic rings. The molecule has 0 aliphatic heterocycles. The summed E-state index contributed by atoms with van der Waals surface area (Å²) in [6, 6.07) is 13.1. The molecule has 0 fully saturated rings. The summed E-state index contributed by atoms with van der Waals surface area (Å²) in [6.07, 6.45) is 2.11. The van der Waals surface area contributed by atoms with E-state index < -0.39 is 0 Å². The van der Waals surface area contributed by atoms with E-state index in [4.69, 9.17) is 10.3 Å². The van der Waals surface area contributed by atoms with Crippen LogP contribution in [-0.2, 0) is 14.9 Å². The Morgan fingerprint density at radius 3 is 1.47 bits per heavy atom. The molecule has 209 valence electrons. The topological polar surface area (TPSA) is 26.5 Å². The van der Waals surface area contributed by atoms with Crippen molar-refractivity contribution in [3.8, 4) is 0 Å². The minimum absolute atomic E-state index is 0.255. The van der Waals surface area contributed by atoms with Gasteiger partial charge in [-0.2, -0.15) is 5.70 Å². The predicted molar refractivity (Wildman–Crippen MR) is 178 cm³/mol. The number of hydrogen-bond donors (Lipinski definition) is 0. The standard InChI is InChI=1S/C29H41N2.C5H10.HI.Ti/c1-18(2)24-13-11-14-25(19(3)4)28(24)30-22(9)17-23(10)31-29-26(20(5)6)15-12-16-27(29)21(7)8;1-5(2,3)4;;/h11-21H,1-10H3;1H,2-4H3;1H;/q-1;;;+1/p-1/b22-17-,31-23?;;;. The summed E-state index contributed by atoms with van der Waals surface area (Å²) < 4.78 is 2.42. The van der Waals surface area contributed by atoms with E-state index in [1.54, 1.807) is 0 Å². The summed E-state index contributed by atoms with van der Waals surface area (Å²) in [5, 5.41) is 5.08. The Kier molecular flexibility index (Phi) is 15.0. The Labute approximate surface area is 253 Å². The molecule has 0 saturated heterocycles. The zero-order valence-corrected chi connectivity index (χ0v) is 29.9. The van der Waals surface area contributed by atoms with E-state index in [9.17, 15) is 0 Å². The summed E-state index contributed by atoms with van der Waals surface area (Å²) >= 11 is 2.74. The molecular weight excluding hydrogens is 611 g/mol. The van der Waals surface area contributed by atoms with Gasteiger partial charge < -0.3 is 5.32 Å². The molecule has 0 N–H and O–H groups in total. The number of aliphatic imine (C=N–C) groups is 1. The van der Waals surface area contributed by atoms with Crippen molar-refractivity contribution < 1.29 is 14.9 Å². The first-order chi connectivity index (χ1) is 17.6. The van der Waals surface area contributed by atoms with Crippen molar-refractivity contribution in [2.75, 3.05) is 0 Å². The van der Waals surface area contributed by atoms with Crippen molar-refractivity contribution in [3.63, 3.8) is 0 Å².